The second kappa shape index (κ2) is 8.11. The fraction of sp³-hybridized carbons (Fsp3) is 0.636. The highest BCUT2D eigenvalue weighted by Gasteiger charge is 2.54. The molecule has 6 heteroatoms. The predicted octanol–water partition coefficient (Wildman–Crippen LogP) is 3.99. The molecule has 0 aromatic heterocycles. The number of amides is 1. The molecular weight excluding hydrogens is 356 g/mol. The smallest absolute Gasteiger partial charge is 0.408 e. The SMILES string of the molecule is COC(=O)c1ccc(CN(C)C2CC3CCC(CC(C)C)(C2)N3C(=O)O)cc1. The van der Waals surface area contributed by atoms with Gasteiger partial charge in [-0.3, -0.25) is 9.80 Å². The van der Waals surface area contributed by atoms with E-state index in [1.165, 1.54) is 7.11 Å². The monoisotopic (exact) mass is 388 g/mol. The summed E-state index contributed by atoms with van der Waals surface area (Å²) in [4.78, 5) is 27.7. The van der Waals surface area contributed by atoms with Gasteiger partial charge in [0.05, 0.1) is 12.7 Å². The zero-order valence-corrected chi connectivity index (χ0v) is 17.4. The molecule has 3 unspecified atom stereocenters. The summed E-state index contributed by atoms with van der Waals surface area (Å²) >= 11 is 0. The van der Waals surface area contributed by atoms with Crippen LogP contribution in [0.2, 0.25) is 0 Å². The van der Waals surface area contributed by atoms with E-state index in [0.29, 0.717) is 17.5 Å². The lowest BCUT2D eigenvalue weighted by atomic mass is 9.79. The number of hydrogen-bond donors (Lipinski definition) is 1. The van der Waals surface area contributed by atoms with Gasteiger partial charge in [0.25, 0.3) is 0 Å². The van der Waals surface area contributed by atoms with E-state index >= 15 is 0 Å². The molecule has 1 aromatic rings. The van der Waals surface area contributed by atoms with Crippen LogP contribution in [0.4, 0.5) is 4.79 Å². The highest BCUT2D eigenvalue weighted by molar-refractivity contribution is 5.89. The van der Waals surface area contributed by atoms with E-state index in [4.69, 9.17) is 4.74 Å². The molecule has 0 aliphatic carbocycles. The van der Waals surface area contributed by atoms with Gasteiger partial charge in [0, 0.05) is 24.2 Å². The second-order valence-electron chi connectivity index (χ2n) is 8.86. The van der Waals surface area contributed by atoms with Gasteiger partial charge >= 0.3 is 12.1 Å². The van der Waals surface area contributed by atoms with Crippen molar-refractivity contribution in [2.45, 2.75) is 70.1 Å². The van der Waals surface area contributed by atoms with Gasteiger partial charge in [-0.1, -0.05) is 26.0 Å². The summed E-state index contributed by atoms with van der Waals surface area (Å²) in [6.45, 7) is 5.14. The van der Waals surface area contributed by atoms with E-state index in [1.54, 1.807) is 17.0 Å². The average Bonchev–Trinajstić information content (AvgIpc) is 2.87. The fourth-order valence-corrected chi connectivity index (χ4v) is 5.35. The zero-order chi connectivity index (χ0) is 20.5. The van der Waals surface area contributed by atoms with Crippen molar-refractivity contribution in [1.29, 1.82) is 0 Å². The lowest BCUT2D eigenvalue weighted by Gasteiger charge is -2.49. The second-order valence-corrected chi connectivity index (χ2v) is 8.86. The van der Waals surface area contributed by atoms with E-state index in [1.807, 2.05) is 12.1 Å². The average molecular weight is 389 g/mol. The normalized spacial score (nSPS) is 26.7. The van der Waals surface area contributed by atoms with Crippen LogP contribution in [0.3, 0.4) is 0 Å². The van der Waals surface area contributed by atoms with Gasteiger partial charge in [-0.25, -0.2) is 9.59 Å². The molecule has 0 spiro atoms. The lowest BCUT2D eigenvalue weighted by molar-refractivity contribution is 0.00298. The predicted molar refractivity (Wildman–Crippen MR) is 107 cm³/mol. The molecule has 1 N–H and O–H groups in total. The number of carbonyl (C=O) groups excluding carboxylic acids is 1. The number of methoxy groups -OCH3 is 1. The molecule has 2 bridgehead atoms. The van der Waals surface area contributed by atoms with Crippen molar-refractivity contribution in [3.05, 3.63) is 35.4 Å². The van der Waals surface area contributed by atoms with E-state index in [9.17, 15) is 14.7 Å². The van der Waals surface area contributed by atoms with Gasteiger partial charge in [-0.2, -0.15) is 0 Å². The third kappa shape index (κ3) is 4.02. The third-order valence-corrected chi connectivity index (χ3v) is 6.40. The molecule has 2 aliphatic rings. The minimum Gasteiger partial charge on any atom is -0.465 e. The van der Waals surface area contributed by atoms with Crippen LogP contribution in [0.1, 0.15) is 61.9 Å². The maximum atomic E-state index is 12.0. The minimum atomic E-state index is -0.761. The number of fused-ring (bicyclic) bond motifs is 2. The van der Waals surface area contributed by atoms with Gasteiger partial charge in [0.15, 0.2) is 0 Å². The lowest BCUT2D eigenvalue weighted by Crippen LogP contribution is -2.59. The van der Waals surface area contributed by atoms with Gasteiger partial charge < -0.3 is 9.84 Å². The van der Waals surface area contributed by atoms with Gasteiger partial charge in [0.1, 0.15) is 0 Å². The number of benzene rings is 1. The van der Waals surface area contributed by atoms with Crippen LogP contribution in [-0.2, 0) is 11.3 Å². The van der Waals surface area contributed by atoms with Gasteiger partial charge in [-0.05, 0) is 62.8 Å². The zero-order valence-electron chi connectivity index (χ0n) is 17.4. The molecule has 1 amide bonds. The summed E-state index contributed by atoms with van der Waals surface area (Å²) in [5.41, 5.74) is 1.47. The van der Waals surface area contributed by atoms with Crippen LogP contribution in [0.5, 0.6) is 0 Å². The molecule has 3 rings (SSSR count). The Balaban J connectivity index is 1.72. The molecule has 154 valence electrons. The number of piperidine rings is 1. The van der Waals surface area contributed by atoms with Crippen LogP contribution in [-0.4, -0.2) is 58.7 Å². The van der Waals surface area contributed by atoms with Crippen LogP contribution < -0.4 is 0 Å². The van der Waals surface area contributed by atoms with Crippen LogP contribution in [0.15, 0.2) is 24.3 Å². The fourth-order valence-electron chi connectivity index (χ4n) is 5.35. The molecule has 6 nitrogen and oxygen atoms in total. The highest BCUT2D eigenvalue weighted by Crippen LogP contribution is 2.48. The van der Waals surface area contributed by atoms with Crippen molar-refractivity contribution in [3.63, 3.8) is 0 Å². The Bertz CT molecular complexity index is 718. The molecule has 28 heavy (non-hydrogen) atoms. The van der Waals surface area contributed by atoms with Crippen molar-refractivity contribution in [2.24, 2.45) is 5.92 Å². The van der Waals surface area contributed by atoms with Crippen molar-refractivity contribution >= 4 is 12.1 Å². The Morgan fingerprint density at radius 3 is 2.57 bits per heavy atom. The maximum Gasteiger partial charge on any atom is 0.408 e. The Hall–Kier alpha value is -2.08. The summed E-state index contributed by atoms with van der Waals surface area (Å²) in [7, 11) is 3.51. The number of esters is 1. The molecule has 2 heterocycles. The first-order chi connectivity index (χ1) is 13.3. The third-order valence-electron chi connectivity index (χ3n) is 6.40. The van der Waals surface area contributed by atoms with E-state index in [0.717, 1.165) is 44.2 Å². The maximum absolute atomic E-state index is 12.0. The molecule has 3 atom stereocenters. The molecule has 2 fully saturated rings. The van der Waals surface area contributed by atoms with E-state index in [2.05, 4.69) is 25.8 Å². The van der Waals surface area contributed by atoms with E-state index in [-0.39, 0.29) is 17.6 Å². The number of rotatable bonds is 6. The highest BCUT2D eigenvalue weighted by atomic mass is 16.5. The number of nitrogens with zero attached hydrogens (tertiary/aromatic N) is 2. The molecular formula is C22H32N2O4. The number of carbonyl (C=O) groups is 2. The summed E-state index contributed by atoms with van der Waals surface area (Å²) in [5, 5.41) is 9.82. The molecule has 0 radical (unpaired) electrons. The molecule has 2 aliphatic heterocycles. The van der Waals surface area contributed by atoms with Crippen LogP contribution in [0, 0.1) is 5.92 Å². The largest absolute Gasteiger partial charge is 0.465 e. The Morgan fingerprint density at radius 2 is 2.00 bits per heavy atom. The van der Waals surface area contributed by atoms with Gasteiger partial charge in [0.2, 0.25) is 0 Å². The quantitative estimate of drug-likeness (QED) is 0.746. The van der Waals surface area contributed by atoms with Crippen molar-refractivity contribution in [3.8, 4) is 0 Å². The molecule has 0 saturated carbocycles. The topological polar surface area (TPSA) is 70.1 Å². The number of carboxylic acid groups (broad SMARTS) is 1. The number of hydrogen-bond acceptors (Lipinski definition) is 4. The Kier molecular flexibility index (Phi) is 5.98. The molecule has 2 saturated heterocycles. The standard InChI is InChI=1S/C22H32N2O4/c1-15(2)12-22-10-9-18(24(22)21(26)27)11-19(13-22)23(3)14-16-5-7-17(8-6-16)20(25)28-4/h5-8,15,18-19H,9-14H2,1-4H3,(H,26,27). The van der Waals surface area contributed by atoms with Crippen LogP contribution >= 0.6 is 0 Å². The summed E-state index contributed by atoms with van der Waals surface area (Å²) in [5.74, 6) is 0.142. The van der Waals surface area contributed by atoms with Crippen molar-refractivity contribution in [2.75, 3.05) is 14.2 Å². The van der Waals surface area contributed by atoms with Crippen LogP contribution in [0.25, 0.3) is 0 Å². The first-order valence-corrected chi connectivity index (χ1v) is 10.2. The van der Waals surface area contributed by atoms with Gasteiger partial charge in [-0.15, -0.1) is 0 Å². The Morgan fingerprint density at radius 1 is 1.32 bits per heavy atom. The summed E-state index contributed by atoms with van der Waals surface area (Å²) in [6, 6.07) is 8.01. The Labute approximate surface area is 167 Å². The van der Waals surface area contributed by atoms with Crippen molar-refractivity contribution in [1.82, 2.24) is 9.80 Å². The number of ether oxygens (including phenoxy) is 1. The van der Waals surface area contributed by atoms with Crippen molar-refractivity contribution < 1.29 is 19.4 Å². The molecule has 1 aromatic carbocycles. The minimum absolute atomic E-state index is 0.124. The summed E-state index contributed by atoms with van der Waals surface area (Å²) in [6.07, 6.45) is 3.89. The first kappa shape index (κ1) is 20.6. The van der Waals surface area contributed by atoms with E-state index < -0.39 is 6.09 Å². The first-order valence-electron chi connectivity index (χ1n) is 10.2. The summed E-state index contributed by atoms with van der Waals surface area (Å²) < 4.78 is 4.75.